The predicted molar refractivity (Wildman–Crippen MR) is 125 cm³/mol. The molecule has 1 N–H and O–H groups in total. The van der Waals surface area contributed by atoms with E-state index < -0.39 is 0 Å². The van der Waals surface area contributed by atoms with Crippen LogP contribution in [0, 0.1) is 0 Å². The Morgan fingerprint density at radius 2 is 1.79 bits per heavy atom. The zero-order valence-electron chi connectivity index (χ0n) is 20.2. The average molecular weight is 453 g/mol. The number of nitrogens with zero attached hydrogens (tertiary/aromatic N) is 3. The number of ether oxygens (including phenoxy) is 1. The zero-order valence-corrected chi connectivity index (χ0v) is 20.2. The summed E-state index contributed by atoms with van der Waals surface area (Å²) in [6.45, 7) is 13.2. The lowest BCUT2D eigenvalue weighted by molar-refractivity contribution is 0.0475. The summed E-state index contributed by atoms with van der Waals surface area (Å²) in [6.07, 6.45) is 1.64. The number of carbonyl (C=O) groups excluding carboxylic acids is 3. The van der Waals surface area contributed by atoms with Gasteiger partial charge in [0.25, 0.3) is 17.7 Å². The minimum absolute atomic E-state index is 0.121. The molecule has 4 rings (SSSR count). The number of rotatable bonds is 4. The molecule has 1 saturated heterocycles. The highest BCUT2D eigenvalue weighted by Gasteiger charge is 2.38. The highest BCUT2D eigenvalue weighted by Crippen LogP contribution is 2.30. The molecule has 0 spiro atoms. The largest absolute Gasteiger partial charge is 0.376 e. The highest BCUT2D eigenvalue weighted by molar-refractivity contribution is 6.22. The number of hydrogen-bond acceptors (Lipinski definition) is 5. The van der Waals surface area contributed by atoms with Crippen molar-refractivity contribution in [3.8, 4) is 0 Å². The van der Waals surface area contributed by atoms with Crippen LogP contribution in [0.15, 0.2) is 24.3 Å². The predicted octanol–water partition coefficient (Wildman–Crippen LogP) is 3.96. The molecule has 2 aliphatic heterocycles. The molecule has 1 fully saturated rings. The normalized spacial score (nSPS) is 18.7. The molecule has 0 saturated carbocycles. The van der Waals surface area contributed by atoms with Crippen LogP contribution in [0.4, 0.5) is 5.82 Å². The molecule has 0 aliphatic carbocycles. The molecule has 1 aromatic heterocycles. The van der Waals surface area contributed by atoms with Crippen LogP contribution in [0.5, 0.6) is 0 Å². The Morgan fingerprint density at radius 1 is 1.09 bits per heavy atom. The molecule has 0 bridgehead atoms. The van der Waals surface area contributed by atoms with Crippen molar-refractivity contribution in [1.82, 2.24) is 14.7 Å². The van der Waals surface area contributed by atoms with Gasteiger partial charge < -0.3 is 10.1 Å². The summed E-state index contributed by atoms with van der Waals surface area (Å²) < 4.78 is 7.39. The minimum Gasteiger partial charge on any atom is -0.376 e. The van der Waals surface area contributed by atoms with Crippen molar-refractivity contribution in [2.75, 3.05) is 18.5 Å². The van der Waals surface area contributed by atoms with Crippen LogP contribution in [0.25, 0.3) is 0 Å². The van der Waals surface area contributed by atoms with Gasteiger partial charge in [-0.15, -0.1) is 0 Å². The third-order valence-corrected chi connectivity index (χ3v) is 6.00. The first-order chi connectivity index (χ1) is 15.4. The molecule has 0 radical (unpaired) electrons. The average Bonchev–Trinajstić information content (AvgIpc) is 3.43. The van der Waals surface area contributed by atoms with Crippen molar-refractivity contribution >= 4 is 23.5 Å². The molecule has 3 amide bonds. The number of anilines is 1. The van der Waals surface area contributed by atoms with E-state index in [0.29, 0.717) is 23.6 Å². The van der Waals surface area contributed by atoms with Gasteiger partial charge in [0.05, 0.1) is 35.0 Å². The van der Waals surface area contributed by atoms with E-state index in [1.54, 1.807) is 16.8 Å². The van der Waals surface area contributed by atoms with Gasteiger partial charge in [-0.1, -0.05) is 20.8 Å². The number of nitrogens with one attached hydrogen (secondary N) is 1. The second-order valence-electron chi connectivity index (χ2n) is 10.8. The van der Waals surface area contributed by atoms with Crippen LogP contribution in [0.2, 0.25) is 0 Å². The van der Waals surface area contributed by atoms with Crippen molar-refractivity contribution in [2.45, 2.75) is 71.4 Å². The van der Waals surface area contributed by atoms with Crippen LogP contribution in [0.1, 0.15) is 91.2 Å². The lowest BCUT2D eigenvalue weighted by Gasteiger charge is -2.23. The fourth-order valence-electron chi connectivity index (χ4n) is 4.13. The molecule has 1 unspecified atom stereocenters. The van der Waals surface area contributed by atoms with Gasteiger partial charge in [-0.3, -0.25) is 19.3 Å². The summed E-state index contributed by atoms with van der Waals surface area (Å²) >= 11 is 0. The van der Waals surface area contributed by atoms with Gasteiger partial charge in [0.2, 0.25) is 0 Å². The number of fused-ring (bicyclic) bond motifs is 1. The van der Waals surface area contributed by atoms with E-state index in [4.69, 9.17) is 9.84 Å². The van der Waals surface area contributed by atoms with Crippen molar-refractivity contribution in [3.05, 3.63) is 46.6 Å². The number of aromatic nitrogens is 2. The van der Waals surface area contributed by atoms with E-state index in [0.717, 1.165) is 18.5 Å². The van der Waals surface area contributed by atoms with Crippen LogP contribution >= 0.6 is 0 Å². The molecule has 8 nitrogen and oxygen atoms in total. The second-order valence-corrected chi connectivity index (χ2v) is 10.8. The van der Waals surface area contributed by atoms with Crippen molar-refractivity contribution < 1.29 is 19.1 Å². The quantitative estimate of drug-likeness (QED) is 0.709. The fourth-order valence-corrected chi connectivity index (χ4v) is 4.13. The first-order valence-corrected chi connectivity index (χ1v) is 11.4. The molecule has 1 aromatic carbocycles. The number of amides is 3. The molecule has 8 heteroatoms. The Hall–Kier alpha value is -3.00. The van der Waals surface area contributed by atoms with E-state index in [1.807, 2.05) is 26.8 Å². The van der Waals surface area contributed by atoms with E-state index in [9.17, 15) is 14.4 Å². The molecule has 3 heterocycles. The van der Waals surface area contributed by atoms with Gasteiger partial charge in [0, 0.05) is 23.7 Å². The Labute approximate surface area is 194 Å². The first kappa shape index (κ1) is 23.2. The van der Waals surface area contributed by atoms with E-state index in [-0.39, 0.29) is 46.9 Å². The number of hydrogen-bond donors (Lipinski definition) is 1. The maximum Gasteiger partial charge on any atom is 0.261 e. The van der Waals surface area contributed by atoms with Gasteiger partial charge in [-0.2, -0.15) is 5.10 Å². The molecule has 1 atom stereocenters. The van der Waals surface area contributed by atoms with Crippen molar-refractivity contribution in [2.24, 2.45) is 0 Å². The SMILES string of the molecule is CC(C)(C)c1cc(NC(=O)c2ccc3c(c2)C(=O)N(CC2CCCO2)C3=O)n(C(C)(C)C)n1. The van der Waals surface area contributed by atoms with E-state index in [2.05, 4.69) is 26.1 Å². The van der Waals surface area contributed by atoms with E-state index >= 15 is 0 Å². The summed E-state index contributed by atoms with van der Waals surface area (Å²) in [7, 11) is 0. The smallest absolute Gasteiger partial charge is 0.261 e. The highest BCUT2D eigenvalue weighted by atomic mass is 16.5. The first-order valence-electron chi connectivity index (χ1n) is 11.4. The standard InChI is InChI=1S/C25H32N4O4/c1-24(2,3)19-13-20(29(27-19)25(4,5)6)26-21(30)15-9-10-17-18(12-15)23(32)28(22(17)31)14-16-8-7-11-33-16/h9-10,12-13,16H,7-8,11,14H2,1-6H3,(H,26,30). The summed E-state index contributed by atoms with van der Waals surface area (Å²) in [4.78, 5) is 40.0. The lowest BCUT2D eigenvalue weighted by Crippen LogP contribution is -2.36. The third kappa shape index (κ3) is 4.44. The maximum atomic E-state index is 13.1. The molecule has 2 aromatic rings. The third-order valence-electron chi connectivity index (χ3n) is 6.00. The number of benzene rings is 1. The van der Waals surface area contributed by atoms with Crippen LogP contribution < -0.4 is 5.32 Å². The molecule has 176 valence electrons. The van der Waals surface area contributed by atoms with Gasteiger partial charge >= 0.3 is 0 Å². The van der Waals surface area contributed by atoms with E-state index in [1.165, 1.54) is 11.0 Å². The van der Waals surface area contributed by atoms with Gasteiger partial charge in [0.15, 0.2) is 0 Å². The molecule has 33 heavy (non-hydrogen) atoms. The summed E-state index contributed by atoms with van der Waals surface area (Å²) in [5.74, 6) is -0.491. The van der Waals surface area contributed by atoms with Gasteiger partial charge in [0.1, 0.15) is 5.82 Å². The van der Waals surface area contributed by atoms with Crippen LogP contribution in [-0.4, -0.2) is 51.7 Å². The Morgan fingerprint density at radius 3 is 2.39 bits per heavy atom. The monoisotopic (exact) mass is 452 g/mol. The Bertz CT molecular complexity index is 1110. The minimum atomic E-state index is -0.380. The molecular formula is C25H32N4O4. The zero-order chi connectivity index (χ0) is 24.1. The topological polar surface area (TPSA) is 93.5 Å². The Balaban J connectivity index is 1.58. The number of carbonyl (C=O) groups is 3. The van der Waals surface area contributed by atoms with Crippen molar-refractivity contribution in [3.63, 3.8) is 0 Å². The maximum absolute atomic E-state index is 13.1. The number of imide groups is 1. The summed E-state index contributed by atoms with van der Waals surface area (Å²) in [6, 6.07) is 6.52. The van der Waals surface area contributed by atoms with Gasteiger partial charge in [-0.25, -0.2) is 4.68 Å². The molecule has 2 aliphatic rings. The fraction of sp³-hybridized carbons (Fsp3) is 0.520. The van der Waals surface area contributed by atoms with Gasteiger partial charge in [-0.05, 0) is 51.8 Å². The van der Waals surface area contributed by atoms with Crippen LogP contribution in [0.3, 0.4) is 0 Å². The van der Waals surface area contributed by atoms with Crippen molar-refractivity contribution in [1.29, 1.82) is 0 Å². The lowest BCUT2D eigenvalue weighted by atomic mass is 9.92. The summed E-state index contributed by atoms with van der Waals surface area (Å²) in [5.41, 5.74) is 1.24. The summed E-state index contributed by atoms with van der Waals surface area (Å²) in [5, 5.41) is 7.67. The Kier molecular flexibility index (Phi) is 5.68. The van der Waals surface area contributed by atoms with Crippen LogP contribution in [-0.2, 0) is 15.7 Å². The second kappa shape index (κ2) is 8.09. The molecular weight excluding hydrogens is 420 g/mol.